The maximum atomic E-state index is 12.4. The Labute approximate surface area is 165 Å². The normalized spacial score (nSPS) is 10.7. The number of nitrogens with zero attached hydrogens (tertiary/aromatic N) is 2. The first-order chi connectivity index (χ1) is 12.9. The van der Waals surface area contributed by atoms with E-state index in [9.17, 15) is 9.59 Å². The summed E-state index contributed by atoms with van der Waals surface area (Å²) < 4.78 is 0. The van der Waals surface area contributed by atoms with Gasteiger partial charge in [-0.1, -0.05) is 42.8 Å². The lowest BCUT2D eigenvalue weighted by atomic mass is 10.1. The molecule has 27 heavy (non-hydrogen) atoms. The predicted molar refractivity (Wildman–Crippen MR) is 110 cm³/mol. The summed E-state index contributed by atoms with van der Waals surface area (Å²) in [5, 5.41) is 3.40. The second kappa shape index (κ2) is 10.1. The van der Waals surface area contributed by atoms with Crippen LogP contribution in [0.2, 0.25) is 5.02 Å². The number of rotatable bonds is 8. The van der Waals surface area contributed by atoms with Crippen molar-refractivity contribution >= 4 is 29.1 Å². The molecule has 144 valence electrons. The minimum atomic E-state index is -0.176. The molecule has 0 saturated heterocycles. The zero-order valence-electron chi connectivity index (χ0n) is 16.0. The SMILES string of the molecule is CCc1ccc(CN(C)C(=O)CN(C)CC(=O)Nc2ccc(Cl)cc2)cc1. The molecule has 0 aliphatic heterocycles. The van der Waals surface area contributed by atoms with Crippen LogP contribution in [-0.2, 0) is 22.6 Å². The number of carbonyl (C=O) groups excluding carboxylic acids is 2. The minimum absolute atomic E-state index is 0.0311. The number of hydrogen-bond acceptors (Lipinski definition) is 3. The first kappa shape index (κ1) is 20.9. The van der Waals surface area contributed by atoms with Crippen LogP contribution in [0.15, 0.2) is 48.5 Å². The van der Waals surface area contributed by atoms with Gasteiger partial charge in [-0.05, 0) is 48.9 Å². The summed E-state index contributed by atoms with van der Waals surface area (Å²) in [5.74, 6) is -0.207. The monoisotopic (exact) mass is 387 g/mol. The van der Waals surface area contributed by atoms with E-state index in [4.69, 9.17) is 11.6 Å². The molecule has 0 aliphatic rings. The van der Waals surface area contributed by atoms with Crippen LogP contribution in [0.1, 0.15) is 18.1 Å². The molecule has 2 aromatic rings. The van der Waals surface area contributed by atoms with Gasteiger partial charge in [0.1, 0.15) is 0 Å². The zero-order chi connectivity index (χ0) is 19.8. The largest absolute Gasteiger partial charge is 0.340 e. The highest BCUT2D eigenvalue weighted by atomic mass is 35.5. The molecule has 0 unspecified atom stereocenters. The highest BCUT2D eigenvalue weighted by molar-refractivity contribution is 6.30. The molecule has 0 aliphatic carbocycles. The summed E-state index contributed by atoms with van der Waals surface area (Å²) >= 11 is 5.83. The second-order valence-corrected chi connectivity index (χ2v) is 7.08. The fraction of sp³-hybridized carbons (Fsp3) is 0.333. The van der Waals surface area contributed by atoms with Gasteiger partial charge in [-0.25, -0.2) is 0 Å². The molecule has 1 N–H and O–H groups in total. The lowest BCUT2D eigenvalue weighted by Crippen LogP contribution is -2.39. The first-order valence-corrected chi connectivity index (χ1v) is 9.31. The average Bonchev–Trinajstić information content (AvgIpc) is 2.64. The maximum absolute atomic E-state index is 12.4. The van der Waals surface area contributed by atoms with Gasteiger partial charge in [0.15, 0.2) is 0 Å². The van der Waals surface area contributed by atoms with Gasteiger partial charge in [0.25, 0.3) is 0 Å². The van der Waals surface area contributed by atoms with Crippen molar-refractivity contribution in [2.45, 2.75) is 19.9 Å². The number of benzene rings is 2. The molecule has 2 rings (SSSR count). The van der Waals surface area contributed by atoms with Crippen molar-refractivity contribution in [3.63, 3.8) is 0 Å². The minimum Gasteiger partial charge on any atom is -0.340 e. The third kappa shape index (κ3) is 7.04. The van der Waals surface area contributed by atoms with E-state index in [0.29, 0.717) is 17.3 Å². The number of amides is 2. The molecule has 0 atom stereocenters. The van der Waals surface area contributed by atoms with Gasteiger partial charge in [0.05, 0.1) is 13.1 Å². The van der Waals surface area contributed by atoms with Crippen LogP contribution in [0.25, 0.3) is 0 Å². The van der Waals surface area contributed by atoms with Gasteiger partial charge in [-0.3, -0.25) is 14.5 Å². The Hall–Kier alpha value is -2.37. The van der Waals surface area contributed by atoms with Crippen LogP contribution in [0.3, 0.4) is 0 Å². The smallest absolute Gasteiger partial charge is 0.238 e. The highest BCUT2D eigenvalue weighted by Crippen LogP contribution is 2.13. The highest BCUT2D eigenvalue weighted by Gasteiger charge is 2.14. The number of hydrogen-bond donors (Lipinski definition) is 1. The van der Waals surface area contributed by atoms with E-state index < -0.39 is 0 Å². The molecule has 0 bridgehead atoms. The van der Waals surface area contributed by atoms with E-state index in [0.717, 1.165) is 12.0 Å². The lowest BCUT2D eigenvalue weighted by molar-refractivity contribution is -0.131. The topological polar surface area (TPSA) is 52.7 Å². The molecule has 5 nitrogen and oxygen atoms in total. The van der Waals surface area contributed by atoms with Crippen molar-refractivity contribution in [1.82, 2.24) is 9.80 Å². The van der Waals surface area contributed by atoms with Crippen molar-refractivity contribution in [2.24, 2.45) is 0 Å². The molecule has 0 saturated carbocycles. The number of anilines is 1. The van der Waals surface area contributed by atoms with Crippen LogP contribution in [0.4, 0.5) is 5.69 Å². The molecule has 2 aromatic carbocycles. The van der Waals surface area contributed by atoms with Crippen LogP contribution < -0.4 is 5.32 Å². The van der Waals surface area contributed by atoms with Crippen molar-refractivity contribution in [3.8, 4) is 0 Å². The Morgan fingerprint density at radius 1 is 0.926 bits per heavy atom. The van der Waals surface area contributed by atoms with Crippen LogP contribution >= 0.6 is 11.6 Å². The Morgan fingerprint density at radius 2 is 1.52 bits per heavy atom. The van der Waals surface area contributed by atoms with Crippen LogP contribution in [0, 0.1) is 0 Å². The van der Waals surface area contributed by atoms with E-state index >= 15 is 0 Å². The Bertz CT molecular complexity index is 760. The summed E-state index contributed by atoms with van der Waals surface area (Å²) in [7, 11) is 3.53. The van der Waals surface area contributed by atoms with Gasteiger partial charge in [-0.2, -0.15) is 0 Å². The number of likely N-dealkylation sites (N-methyl/N-ethyl adjacent to an activating group) is 2. The molecule has 2 amide bonds. The molecule has 6 heteroatoms. The summed E-state index contributed by atoms with van der Waals surface area (Å²) in [4.78, 5) is 27.9. The van der Waals surface area contributed by atoms with Gasteiger partial charge in [0, 0.05) is 24.3 Å². The molecule has 0 heterocycles. The van der Waals surface area contributed by atoms with E-state index in [2.05, 4.69) is 24.4 Å². The van der Waals surface area contributed by atoms with Crippen molar-refractivity contribution in [2.75, 3.05) is 32.5 Å². The molecule has 0 aromatic heterocycles. The van der Waals surface area contributed by atoms with E-state index in [1.54, 1.807) is 48.2 Å². The molecule has 0 fully saturated rings. The Balaban J connectivity index is 1.79. The van der Waals surface area contributed by atoms with Crippen molar-refractivity contribution < 1.29 is 9.59 Å². The van der Waals surface area contributed by atoms with Gasteiger partial charge in [0.2, 0.25) is 11.8 Å². The summed E-state index contributed by atoms with van der Waals surface area (Å²) in [6.45, 7) is 2.97. The number of aryl methyl sites for hydroxylation is 1. The quantitative estimate of drug-likeness (QED) is 0.755. The van der Waals surface area contributed by atoms with Gasteiger partial charge in [-0.15, -0.1) is 0 Å². The van der Waals surface area contributed by atoms with Gasteiger partial charge < -0.3 is 10.2 Å². The third-order valence-electron chi connectivity index (χ3n) is 4.22. The van der Waals surface area contributed by atoms with Crippen molar-refractivity contribution in [3.05, 3.63) is 64.7 Å². The summed E-state index contributed by atoms with van der Waals surface area (Å²) in [5.41, 5.74) is 3.04. The van der Waals surface area contributed by atoms with E-state index in [1.807, 2.05) is 12.1 Å². The number of nitrogens with one attached hydrogen (secondary N) is 1. The fourth-order valence-electron chi connectivity index (χ4n) is 2.63. The first-order valence-electron chi connectivity index (χ1n) is 8.93. The van der Waals surface area contributed by atoms with Crippen LogP contribution in [-0.4, -0.2) is 48.8 Å². The van der Waals surface area contributed by atoms with Crippen LogP contribution in [0.5, 0.6) is 0 Å². The Morgan fingerprint density at radius 3 is 2.11 bits per heavy atom. The Kier molecular flexibility index (Phi) is 7.82. The molecular weight excluding hydrogens is 362 g/mol. The third-order valence-corrected chi connectivity index (χ3v) is 4.48. The zero-order valence-corrected chi connectivity index (χ0v) is 16.8. The second-order valence-electron chi connectivity index (χ2n) is 6.65. The van der Waals surface area contributed by atoms with Gasteiger partial charge >= 0.3 is 0 Å². The molecular formula is C21H26ClN3O2. The summed E-state index contributed by atoms with van der Waals surface area (Å²) in [6, 6.07) is 15.2. The fourth-order valence-corrected chi connectivity index (χ4v) is 2.75. The van der Waals surface area contributed by atoms with E-state index in [-0.39, 0.29) is 24.9 Å². The van der Waals surface area contributed by atoms with E-state index in [1.165, 1.54) is 5.56 Å². The summed E-state index contributed by atoms with van der Waals surface area (Å²) in [6.07, 6.45) is 0.998. The van der Waals surface area contributed by atoms with Crippen molar-refractivity contribution in [1.29, 1.82) is 0 Å². The standard InChI is InChI=1S/C21H26ClN3O2/c1-4-16-5-7-17(8-6-16)13-25(3)21(27)15-24(2)14-20(26)23-19-11-9-18(22)10-12-19/h5-12H,4,13-15H2,1-3H3,(H,23,26). The maximum Gasteiger partial charge on any atom is 0.238 e. The molecule has 0 spiro atoms. The number of halogens is 1. The lowest BCUT2D eigenvalue weighted by Gasteiger charge is -2.22. The number of carbonyl (C=O) groups is 2. The molecule has 0 radical (unpaired) electrons. The predicted octanol–water partition coefficient (Wildman–Crippen LogP) is 3.43. The average molecular weight is 388 g/mol.